The standard InChI is InChI=1S/3C15H20BrN3O/c3*16-13-9-12(10-17-11-13)15(20)19-7-3-14(4-8-19)18-5-1-2-6-18/h3*9-11,14H,1-8H2. The summed E-state index contributed by atoms with van der Waals surface area (Å²) in [6, 6.07) is 7.60. The number of carbonyl (C=O) groups is 3. The molecule has 0 N–H and O–H groups in total. The molecule has 3 aromatic heterocycles. The SMILES string of the molecule is O=C(c1cncc(Br)c1)N1CCC(N2CCCC2)CC1.O=C(c1cncc(Br)c1)N1CCC(N2CCCC2)CC1.O=C(c1cncc(Br)c1)N1CCC(N2CCCC2)CC1. The van der Waals surface area contributed by atoms with E-state index in [0.717, 1.165) is 91.2 Å². The normalized spacial score (nSPS) is 21.4. The van der Waals surface area contributed by atoms with E-state index in [9.17, 15) is 14.4 Å². The van der Waals surface area contributed by atoms with Gasteiger partial charge >= 0.3 is 0 Å². The van der Waals surface area contributed by atoms with Gasteiger partial charge in [-0.3, -0.25) is 29.3 Å². The van der Waals surface area contributed by atoms with Gasteiger partial charge in [-0.2, -0.15) is 0 Å². The van der Waals surface area contributed by atoms with Crippen LogP contribution in [0.25, 0.3) is 0 Å². The number of likely N-dealkylation sites (tertiary alicyclic amines) is 6. The van der Waals surface area contributed by atoms with E-state index in [1.165, 1.54) is 77.8 Å². The number of hydrogen-bond donors (Lipinski definition) is 0. The Balaban J connectivity index is 0.000000136. The van der Waals surface area contributed by atoms with Crippen molar-refractivity contribution in [1.82, 2.24) is 44.4 Å². The third kappa shape index (κ3) is 12.4. The molecule has 0 atom stereocenters. The monoisotopic (exact) mass is 1010 g/mol. The minimum atomic E-state index is 0.110. The fraction of sp³-hybridized carbons (Fsp3) is 0.600. The highest BCUT2D eigenvalue weighted by Gasteiger charge is 2.31. The first-order valence-electron chi connectivity index (χ1n) is 22.1. The number of aromatic nitrogens is 3. The highest BCUT2D eigenvalue weighted by Crippen LogP contribution is 2.25. The zero-order valence-corrected chi connectivity index (χ0v) is 39.5. The molecule has 0 bridgehead atoms. The third-order valence-electron chi connectivity index (χ3n) is 13.1. The molecule has 0 aliphatic carbocycles. The lowest BCUT2D eigenvalue weighted by molar-refractivity contribution is 0.0637. The van der Waals surface area contributed by atoms with Crippen molar-refractivity contribution < 1.29 is 14.4 Å². The summed E-state index contributed by atoms with van der Waals surface area (Å²) in [5.74, 6) is 0.330. The van der Waals surface area contributed by atoms with Crippen molar-refractivity contribution in [3.8, 4) is 0 Å². The van der Waals surface area contributed by atoms with Crippen LogP contribution in [0.1, 0.15) is 108 Å². The van der Waals surface area contributed by atoms with Crippen molar-refractivity contribution >= 4 is 65.5 Å². The predicted molar refractivity (Wildman–Crippen MR) is 245 cm³/mol. The molecule has 6 aliphatic rings. The van der Waals surface area contributed by atoms with Crippen molar-refractivity contribution in [3.05, 3.63) is 85.5 Å². The second-order valence-electron chi connectivity index (χ2n) is 17.0. The van der Waals surface area contributed by atoms with Gasteiger partial charge in [0.15, 0.2) is 0 Å². The summed E-state index contributed by atoms with van der Waals surface area (Å²) in [7, 11) is 0. The molecule has 3 aromatic rings. The van der Waals surface area contributed by atoms with Gasteiger partial charge in [-0.1, -0.05) is 0 Å². The topological polar surface area (TPSA) is 109 Å². The third-order valence-corrected chi connectivity index (χ3v) is 14.4. The Morgan fingerprint density at radius 1 is 0.383 bits per heavy atom. The Morgan fingerprint density at radius 3 is 0.833 bits per heavy atom. The quantitative estimate of drug-likeness (QED) is 0.247. The van der Waals surface area contributed by atoms with Crippen LogP contribution in [0.15, 0.2) is 68.8 Å². The van der Waals surface area contributed by atoms with Gasteiger partial charge < -0.3 is 29.4 Å². The van der Waals surface area contributed by atoms with E-state index in [4.69, 9.17) is 0 Å². The highest BCUT2D eigenvalue weighted by molar-refractivity contribution is 9.11. The van der Waals surface area contributed by atoms with Crippen LogP contribution in [0, 0.1) is 0 Å². The van der Waals surface area contributed by atoms with Crippen LogP contribution in [0.3, 0.4) is 0 Å². The fourth-order valence-corrected chi connectivity index (χ4v) is 10.9. The number of hydrogen-bond acceptors (Lipinski definition) is 9. The Hall–Kier alpha value is -2.82. The Bertz CT molecular complexity index is 1650. The molecule has 9 rings (SSSR count). The predicted octanol–water partition coefficient (Wildman–Crippen LogP) is 7.63. The molecule has 0 spiro atoms. The van der Waals surface area contributed by atoms with E-state index >= 15 is 0 Å². The second-order valence-corrected chi connectivity index (χ2v) is 19.7. The summed E-state index contributed by atoms with van der Waals surface area (Å²) in [5.41, 5.74) is 2.04. The van der Waals surface area contributed by atoms with Crippen LogP contribution >= 0.6 is 47.8 Å². The number of halogens is 3. The van der Waals surface area contributed by atoms with Crippen molar-refractivity contribution in [2.75, 3.05) is 78.5 Å². The number of carbonyl (C=O) groups excluding carboxylic acids is 3. The van der Waals surface area contributed by atoms with Crippen LogP contribution in [0.4, 0.5) is 0 Å². The first-order valence-corrected chi connectivity index (χ1v) is 24.5. The maximum atomic E-state index is 12.4. The first kappa shape index (κ1) is 45.2. The van der Waals surface area contributed by atoms with E-state index in [1.807, 2.05) is 32.9 Å². The van der Waals surface area contributed by atoms with Gasteiger partial charge in [-0.25, -0.2) is 0 Å². The number of piperidine rings is 3. The molecule has 12 nitrogen and oxygen atoms in total. The molecule has 3 amide bonds. The molecular formula is C45H60Br3N9O3. The lowest BCUT2D eigenvalue weighted by Crippen LogP contribution is -2.45. The number of rotatable bonds is 6. The highest BCUT2D eigenvalue weighted by atomic mass is 79.9. The Labute approximate surface area is 381 Å². The van der Waals surface area contributed by atoms with Gasteiger partial charge in [0.1, 0.15) is 0 Å². The van der Waals surface area contributed by atoms with Crippen LogP contribution < -0.4 is 0 Å². The number of pyridine rings is 3. The van der Waals surface area contributed by atoms with Gasteiger partial charge in [-0.15, -0.1) is 0 Å². The lowest BCUT2D eigenvalue weighted by atomic mass is 10.0. The van der Waals surface area contributed by atoms with Crippen molar-refractivity contribution in [2.24, 2.45) is 0 Å². The minimum Gasteiger partial charge on any atom is -0.338 e. The molecule has 6 saturated heterocycles. The van der Waals surface area contributed by atoms with Crippen molar-refractivity contribution in [3.63, 3.8) is 0 Å². The summed E-state index contributed by atoms with van der Waals surface area (Å²) in [6.07, 6.45) is 24.7. The summed E-state index contributed by atoms with van der Waals surface area (Å²) < 4.78 is 2.57. The average Bonchev–Trinajstić information content (AvgIpc) is 4.12. The molecule has 0 saturated carbocycles. The molecule has 60 heavy (non-hydrogen) atoms. The van der Waals surface area contributed by atoms with E-state index in [-0.39, 0.29) is 17.7 Å². The van der Waals surface area contributed by atoms with Gasteiger partial charge in [0.05, 0.1) is 16.7 Å². The zero-order chi connectivity index (χ0) is 41.8. The van der Waals surface area contributed by atoms with Crippen LogP contribution in [-0.4, -0.2) is 159 Å². The van der Waals surface area contributed by atoms with Crippen LogP contribution in [-0.2, 0) is 0 Å². The summed E-state index contributed by atoms with van der Waals surface area (Å²) in [4.78, 5) is 63.2. The Morgan fingerprint density at radius 2 is 0.617 bits per heavy atom. The van der Waals surface area contributed by atoms with Crippen molar-refractivity contribution in [2.45, 2.75) is 95.2 Å². The Kier molecular flexibility index (Phi) is 17.0. The second kappa shape index (κ2) is 22.5. The van der Waals surface area contributed by atoms with Crippen LogP contribution in [0.5, 0.6) is 0 Å². The maximum absolute atomic E-state index is 12.4. The number of nitrogens with zero attached hydrogens (tertiary/aromatic N) is 9. The lowest BCUT2D eigenvalue weighted by Gasteiger charge is -2.36. The molecule has 324 valence electrons. The van der Waals surface area contributed by atoms with Gasteiger partial charge in [-0.05, 0) is 182 Å². The molecule has 0 radical (unpaired) electrons. The summed E-state index contributed by atoms with van der Waals surface area (Å²) in [5, 5.41) is 0. The zero-order valence-electron chi connectivity index (χ0n) is 34.8. The van der Waals surface area contributed by atoms with Gasteiger partial charge in [0, 0.05) is 108 Å². The molecule has 0 unspecified atom stereocenters. The number of amides is 3. The minimum absolute atomic E-state index is 0.110. The summed E-state index contributed by atoms with van der Waals surface area (Å²) >= 11 is 10.1. The molecular weight excluding hydrogens is 954 g/mol. The molecule has 0 aromatic carbocycles. The largest absolute Gasteiger partial charge is 0.338 e. The molecule has 9 heterocycles. The molecule has 6 aliphatic heterocycles. The van der Waals surface area contributed by atoms with Gasteiger partial charge in [0.2, 0.25) is 0 Å². The summed E-state index contributed by atoms with van der Waals surface area (Å²) in [6.45, 7) is 12.7. The maximum Gasteiger partial charge on any atom is 0.255 e. The fourth-order valence-electron chi connectivity index (χ4n) is 9.76. The van der Waals surface area contributed by atoms with Gasteiger partial charge in [0.25, 0.3) is 17.7 Å². The average molecular weight is 1010 g/mol. The first-order chi connectivity index (χ1) is 29.2. The smallest absolute Gasteiger partial charge is 0.255 e. The van der Waals surface area contributed by atoms with Crippen molar-refractivity contribution in [1.29, 1.82) is 0 Å². The van der Waals surface area contributed by atoms with E-state index in [1.54, 1.807) is 37.2 Å². The van der Waals surface area contributed by atoms with E-state index in [2.05, 4.69) is 77.4 Å². The molecule has 15 heteroatoms. The van der Waals surface area contributed by atoms with Crippen LogP contribution in [0.2, 0.25) is 0 Å². The molecule has 6 fully saturated rings. The van der Waals surface area contributed by atoms with E-state index in [0.29, 0.717) is 34.8 Å². The van der Waals surface area contributed by atoms with E-state index < -0.39 is 0 Å².